The second-order valence-corrected chi connectivity index (χ2v) is 4.39. The molecule has 0 saturated heterocycles. The van der Waals surface area contributed by atoms with Crippen molar-refractivity contribution in [2.75, 3.05) is 13.1 Å². The lowest BCUT2D eigenvalue weighted by atomic mass is 10.1. The molecule has 1 aromatic heterocycles. The Labute approximate surface area is 106 Å². The van der Waals surface area contributed by atoms with E-state index in [9.17, 15) is 9.59 Å². The molecule has 0 bridgehead atoms. The van der Waals surface area contributed by atoms with Crippen LogP contribution in [0, 0.1) is 19.8 Å². The number of amides is 1. The number of hydrogen-bond donors (Lipinski definition) is 2. The largest absolute Gasteiger partial charge is 0.481 e. The molecule has 0 saturated carbocycles. The lowest BCUT2D eigenvalue weighted by Crippen LogP contribution is -2.37. The summed E-state index contributed by atoms with van der Waals surface area (Å²) in [6.45, 7) is 7.63. The Hall–Kier alpha value is -1.85. The number of carbonyl (C=O) groups is 2. The van der Waals surface area contributed by atoms with E-state index in [1.807, 2.05) is 6.92 Å². The molecule has 1 rings (SSSR count). The summed E-state index contributed by atoms with van der Waals surface area (Å²) >= 11 is 0. The van der Waals surface area contributed by atoms with E-state index in [1.54, 1.807) is 20.8 Å². The summed E-state index contributed by atoms with van der Waals surface area (Å²) in [5.41, 5.74) is 1.88. The van der Waals surface area contributed by atoms with E-state index < -0.39 is 11.9 Å². The summed E-state index contributed by atoms with van der Waals surface area (Å²) in [6.07, 6.45) is 0. The number of carbonyl (C=O) groups excluding carboxylic acids is 1. The van der Waals surface area contributed by atoms with Crippen molar-refractivity contribution in [1.29, 1.82) is 0 Å². The van der Waals surface area contributed by atoms with Crippen LogP contribution in [0.2, 0.25) is 0 Å². The minimum Gasteiger partial charge on any atom is -0.481 e. The number of carboxylic acid groups (broad SMARTS) is 1. The highest BCUT2D eigenvalue weighted by molar-refractivity contribution is 5.96. The molecule has 100 valence electrons. The summed E-state index contributed by atoms with van der Waals surface area (Å²) in [6, 6.07) is 0. The van der Waals surface area contributed by atoms with Gasteiger partial charge in [-0.15, -0.1) is 0 Å². The van der Waals surface area contributed by atoms with Gasteiger partial charge in [-0.05, 0) is 20.8 Å². The molecule has 1 amide bonds. The fraction of sp³-hybridized carbons (Fsp3) is 0.583. The first-order valence-corrected chi connectivity index (χ1v) is 5.92. The number of aliphatic carboxylic acids is 1. The van der Waals surface area contributed by atoms with Gasteiger partial charge in [0.2, 0.25) is 0 Å². The first-order valence-electron chi connectivity index (χ1n) is 5.92. The van der Waals surface area contributed by atoms with Crippen LogP contribution in [-0.2, 0) is 4.79 Å². The molecular formula is C12H19N3O3. The van der Waals surface area contributed by atoms with Crippen LogP contribution in [0.1, 0.15) is 35.6 Å². The molecule has 6 heteroatoms. The summed E-state index contributed by atoms with van der Waals surface area (Å²) in [5, 5.41) is 15.6. The Bertz CT molecular complexity index is 434. The molecule has 0 aliphatic carbocycles. The minimum absolute atomic E-state index is 0.172. The Morgan fingerprint density at radius 2 is 2.06 bits per heavy atom. The van der Waals surface area contributed by atoms with E-state index in [4.69, 9.17) is 5.11 Å². The number of rotatable bonds is 5. The zero-order valence-electron chi connectivity index (χ0n) is 11.1. The van der Waals surface area contributed by atoms with Crippen LogP contribution in [0.5, 0.6) is 0 Å². The molecule has 0 radical (unpaired) electrons. The highest BCUT2D eigenvalue weighted by Gasteiger charge is 2.24. The fourth-order valence-corrected chi connectivity index (χ4v) is 1.79. The van der Waals surface area contributed by atoms with E-state index in [-0.39, 0.29) is 12.5 Å². The molecular weight excluding hydrogens is 234 g/mol. The lowest BCUT2D eigenvalue weighted by molar-refractivity contribution is -0.141. The molecule has 2 N–H and O–H groups in total. The number of carboxylic acids is 1. The molecule has 1 aromatic rings. The van der Waals surface area contributed by atoms with Gasteiger partial charge >= 0.3 is 5.97 Å². The average Bonchev–Trinajstić information content (AvgIpc) is 2.64. The quantitative estimate of drug-likeness (QED) is 0.825. The van der Waals surface area contributed by atoms with Crippen LogP contribution >= 0.6 is 0 Å². The van der Waals surface area contributed by atoms with Crippen LogP contribution in [0.3, 0.4) is 0 Å². The van der Waals surface area contributed by atoms with Crippen molar-refractivity contribution >= 4 is 11.9 Å². The highest BCUT2D eigenvalue weighted by atomic mass is 16.4. The maximum Gasteiger partial charge on any atom is 0.308 e. The van der Waals surface area contributed by atoms with Gasteiger partial charge < -0.3 is 10.0 Å². The maximum absolute atomic E-state index is 12.3. The zero-order valence-corrected chi connectivity index (χ0v) is 11.1. The van der Waals surface area contributed by atoms with Gasteiger partial charge in [0.05, 0.1) is 17.2 Å². The predicted octanol–water partition coefficient (Wildman–Crippen LogP) is 1.21. The Morgan fingerprint density at radius 1 is 1.44 bits per heavy atom. The lowest BCUT2D eigenvalue weighted by Gasteiger charge is -2.23. The monoisotopic (exact) mass is 253 g/mol. The van der Waals surface area contributed by atoms with Gasteiger partial charge in [-0.25, -0.2) is 0 Å². The highest BCUT2D eigenvalue weighted by Crippen LogP contribution is 2.14. The molecule has 0 spiro atoms. The van der Waals surface area contributed by atoms with Gasteiger partial charge in [0.1, 0.15) is 0 Å². The Morgan fingerprint density at radius 3 is 2.44 bits per heavy atom. The summed E-state index contributed by atoms with van der Waals surface area (Å²) in [5.74, 6) is -1.65. The van der Waals surface area contributed by atoms with Gasteiger partial charge in [-0.2, -0.15) is 5.10 Å². The third kappa shape index (κ3) is 2.88. The number of aryl methyl sites for hydroxylation is 2. The normalized spacial score (nSPS) is 12.2. The van der Waals surface area contributed by atoms with Gasteiger partial charge in [-0.3, -0.25) is 14.7 Å². The number of nitrogens with zero attached hydrogens (tertiary/aromatic N) is 2. The van der Waals surface area contributed by atoms with Crippen molar-refractivity contribution < 1.29 is 14.7 Å². The van der Waals surface area contributed by atoms with Crippen molar-refractivity contribution in [3.8, 4) is 0 Å². The molecule has 0 aromatic carbocycles. The summed E-state index contributed by atoms with van der Waals surface area (Å²) < 4.78 is 0. The standard InChI is InChI=1S/C12H19N3O3/c1-5-15(6-7(2)12(17)18)11(16)10-8(3)13-14-9(10)4/h7H,5-6H2,1-4H3,(H,13,14)(H,17,18). The first kappa shape index (κ1) is 14.2. The van der Waals surface area contributed by atoms with Crippen molar-refractivity contribution in [3.63, 3.8) is 0 Å². The number of H-pyrrole nitrogens is 1. The number of nitrogens with one attached hydrogen (secondary N) is 1. The van der Waals surface area contributed by atoms with Crippen LogP contribution in [0.4, 0.5) is 0 Å². The third-order valence-corrected chi connectivity index (χ3v) is 2.93. The molecule has 1 heterocycles. The number of aromatic nitrogens is 2. The minimum atomic E-state index is -0.901. The number of aromatic amines is 1. The van der Waals surface area contributed by atoms with Gasteiger partial charge in [0.15, 0.2) is 0 Å². The van der Waals surface area contributed by atoms with Gasteiger partial charge in [0.25, 0.3) is 5.91 Å². The molecule has 1 atom stereocenters. The molecule has 0 aliphatic rings. The van der Waals surface area contributed by atoms with Crippen LogP contribution in [0.25, 0.3) is 0 Å². The molecule has 18 heavy (non-hydrogen) atoms. The van der Waals surface area contributed by atoms with Crippen LogP contribution in [-0.4, -0.2) is 45.2 Å². The van der Waals surface area contributed by atoms with Crippen molar-refractivity contribution in [1.82, 2.24) is 15.1 Å². The molecule has 1 unspecified atom stereocenters. The summed E-state index contributed by atoms with van der Waals surface area (Å²) in [7, 11) is 0. The summed E-state index contributed by atoms with van der Waals surface area (Å²) in [4.78, 5) is 24.7. The maximum atomic E-state index is 12.3. The smallest absolute Gasteiger partial charge is 0.308 e. The zero-order chi connectivity index (χ0) is 13.9. The Balaban J connectivity index is 2.90. The first-order chi connectivity index (χ1) is 8.38. The van der Waals surface area contributed by atoms with E-state index in [2.05, 4.69) is 10.2 Å². The van der Waals surface area contributed by atoms with Crippen molar-refractivity contribution in [3.05, 3.63) is 17.0 Å². The second-order valence-electron chi connectivity index (χ2n) is 4.39. The second kappa shape index (κ2) is 5.66. The van der Waals surface area contributed by atoms with E-state index in [1.165, 1.54) is 4.90 Å². The van der Waals surface area contributed by atoms with E-state index in [0.717, 1.165) is 0 Å². The van der Waals surface area contributed by atoms with E-state index >= 15 is 0 Å². The SMILES string of the molecule is CCN(CC(C)C(=O)O)C(=O)c1c(C)n[nH]c1C. The van der Waals surface area contributed by atoms with Crippen molar-refractivity contribution in [2.24, 2.45) is 5.92 Å². The Kier molecular flexibility index (Phi) is 4.47. The average molecular weight is 253 g/mol. The van der Waals surface area contributed by atoms with Crippen LogP contribution in [0.15, 0.2) is 0 Å². The topological polar surface area (TPSA) is 86.3 Å². The van der Waals surface area contributed by atoms with Crippen molar-refractivity contribution in [2.45, 2.75) is 27.7 Å². The number of hydrogen-bond acceptors (Lipinski definition) is 3. The molecule has 0 aliphatic heterocycles. The predicted molar refractivity (Wildman–Crippen MR) is 66.4 cm³/mol. The fourth-order valence-electron chi connectivity index (χ4n) is 1.79. The third-order valence-electron chi connectivity index (χ3n) is 2.93. The van der Waals surface area contributed by atoms with E-state index in [0.29, 0.717) is 23.5 Å². The molecule has 0 fully saturated rings. The molecule has 6 nitrogen and oxygen atoms in total. The van der Waals surface area contributed by atoms with Gasteiger partial charge in [-0.1, -0.05) is 6.92 Å². The van der Waals surface area contributed by atoms with Crippen LogP contribution < -0.4 is 0 Å². The van der Waals surface area contributed by atoms with Gasteiger partial charge in [0, 0.05) is 18.8 Å².